The van der Waals surface area contributed by atoms with E-state index >= 15 is 0 Å². The van der Waals surface area contributed by atoms with Crippen molar-refractivity contribution in [2.24, 2.45) is 0 Å². The van der Waals surface area contributed by atoms with E-state index in [4.69, 9.17) is 9.47 Å². The Balaban J connectivity index is 0.870. The van der Waals surface area contributed by atoms with Crippen LogP contribution in [0, 0.1) is 0 Å². The summed E-state index contributed by atoms with van der Waals surface area (Å²) in [6.45, 7) is 0. The highest BCUT2D eigenvalue weighted by atomic mass is 16.5. The van der Waals surface area contributed by atoms with Crippen molar-refractivity contribution >= 4 is 99.3 Å². The number of para-hydroxylation sites is 2. The third-order valence-electron chi connectivity index (χ3n) is 14.6. The van der Waals surface area contributed by atoms with E-state index in [0.717, 1.165) is 68.1 Å². The summed E-state index contributed by atoms with van der Waals surface area (Å²) in [6, 6.07) is 87.6. The molecule has 0 spiro atoms. The molecule has 0 radical (unpaired) electrons. The molecule has 0 atom stereocenters. The number of aromatic nitrogens is 2. The number of benzene rings is 12. The molecule has 0 N–H and O–H groups in total. The Labute approximate surface area is 416 Å². The number of nitrogens with zero attached hydrogens (tertiary/aromatic N) is 4. The van der Waals surface area contributed by atoms with Gasteiger partial charge in [0.2, 0.25) is 0 Å². The summed E-state index contributed by atoms with van der Waals surface area (Å²) >= 11 is 0. The van der Waals surface area contributed by atoms with E-state index in [0.29, 0.717) is 0 Å². The van der Waals surface area contributed by atoms with Gasteiger partial charge in [-0.1, -0.05) is 109 Å². The first-order valence-corrected chi connectivity index (χ1v) is 24.4. The van der Waals surface area contributed by atoms with Crippen molar-refractivity contribution in [1.29, 1.82) is 0 Å². The van der Waals surface area contributed by atoms with Crippen LogP contribution in [-0.4, -0.2) is 23.4 Å². The Bertz CT molecular complexity index is 3980. The first kappa shape index (κ1) is 41.5. The third-order valence-corrected chi connectivity index (χ3v) is 14.6. The van der Waals surface area contributed by atoms with Crippen LogP contribution in [0.5, 0.6) is 11.5 Å². The van der Waals surface area contributed by atoms with Crippen molar-refractivity contribution in [2.45, 2.75) is 0 Å². The molecule has 0 amide bonds. The van der Waals surface area contributed by atoms with Gasteiger partial charge in [0.25, 0.3) is 0 Å². The van der Waals surface area contributed by atoms with Gasteiger partial charge in [-0.05, 0) is 166 Å². The van der Waals surface area contributed by atoms with Gasteiger partial charge in [-0.3, -0.25) is 0 Å². The lowest BCUT2D eigenvalue weighted by atomic mass is 10.0. The van der Waals surface area contributed by atoms with Gasteiger partial charge in [0.1, 0.15) is 11.5 Å². The van der Waals surface area contributed by atoms with Gasteiger partial charge in [0.15, 0.2) is 0 Å². The van der Waals surface area contributed by atoms with Crippen molar-refractivity contribution in [1.82, 2.24) is 9.13 Å². The zero-order chi connectivity index (χ0) is 47.9. The summed E-state index contributed by atoms with van der Waals surface area (Å²) in [5, 5.41) is 10.0. The van der Waals surface area contributed by atoms with Crippen molar-refractivity contribution in [2.75, 3.05) is 24.0 Å². The lowest BCUT2D eigenvalue weighted by Crippen LogP contribution is -2.10. The summed E-state index contributed by atoms with van der Waals surface area (Å²) in [4.78, 5) is 4.70. The smallest absolute Gasteiger partial charge is 0.119 e. The fourth-order valence-electron chi connectivity index (χ4n) is 11.3. The van der Waals surface area contributed by atoms with Gasteiger partial charge >= 0.3 is 0 Å². The van der Waals surface area contributed by atoms with E-state index < -0.39 is 0 Å². The highest BCUT2D eigenvalue weighted by molar-refractivity contribution is 6.26. The average Bonchev–Trinajstić information content (AvgIpc) is 3.97. The van der Waals surface area contributed by atoms with Crippen molar-refractivity contribution in [3.63, 3.8) is 0 Å². The molecule has 12 aromatic carbocycles. The first-order chi connectivity index (χ1) is 35.6. The van der Waals surface area contributed by atoms with Crippen LogP contribution in [0.1, 0.15) is 0 Å². The van der Waals surface area contributed by atoms with E-state index in [-0.39, 0.29) is 0 Å². The SMILES string of the molecule is COc1ccc(N(c2ccc(-c3ccc(N(c4ccc(OC)cc4)c4cc5ccc6cccc7c6c5c(c4)n7-c4ccccc4)cc3)cc2)c2cc3ccc4cccc5c4c3c(c2)n5-c2ccccc2)cc1. The summed E-state index contributed by atoms with van der Waals surface area (Å²) in [5.41, 5.74) is 15.6. The van der Waals surface area contributed by atoms with Crippen LogP contribution in [-0.2, 0) is 0 Å². The number of hydrogen-bond donors (Lipinski definition) is 0. The number of hydrogen-bond acceptors (Lipinski definition) is 4. The van der Waals surface area contributed by atoms with Crippen molar-refractivity contribution < 1.29 is 9.47 Å². The second-order valence-electron chi connectivity index (χ2n) is 18.5. The second-order valence-corrected chi connectivity index (χ2v) is 18.5. The maximum atomic E-state index is 5.63. The van der Waals surface area contributed by atoms with Crippen LogP contribution >= 0.6 is 0 Å². The van der Waals surface area contributed by atoms with Crippen LogP contribution in [0.4, 0.5) is 34.1 Å². The number of rotatable bonds is 11. The largest absolute Gasteiger partial charge is 0.497 e. The molecule has 72 heavy (non-hydrogen) atoms. The highest BCUT2D eigenvalue weighted by Gasteiger charge is 2.23. The third kappa shape index (κ3) is 6.57. The minimum atomic E-state index is 0.814. The van der Waals surface area contributed by atoms with E-state index in [1.54, 1.807) is 14.2 Å². The molecule has 0 bridgehead atoms. The van der Waals surface area contributed by atoms with E-state index in [9.17, 15) is 0 Å². The maximum absolute atomic E-state index is 5.63. The predicted octanol–water partition coefficient (Wildman–Crippen LogP) is 17.7. The molecule has 14 aromatic rings. The van der Waals surface area contributed by atoms with E-state index in [1.165, 1.54) is 65.2 Å². The Hall–Kier alpha value is -9.52. The minimum absolute atomic E-state index is 0.814. The lowest BCUT2D eigenvalue weighted by Gasteiger charge is -2.27. The van der Waals surface area contributed by atoms with Gasteiger partial charge in [0.05, 0.1) is 36.3 Å². The highest BCUT2D eigenvalue weighted by Crippen LogP contribution is 2.47. The Kier molecular flexibility index (Phi) is 9.54. The molecule has 14 rings (SSSR count). The zero-order valence-corrected chi connectivity index (χ0v) is 39.7. The Morgan fingerprint density at radius 3 is 1.00 bits per heavy atom. The molecule has 0 aliphatic rings. The van der Waals surface area contributed by atoms with Crippen molar-refractivity contribution in [3.05, 3.63) is 243 Å². The van der Waals surface area contributed by atoms with Crippen molar-refractivity contribution in [3.8, 4) is 34.0 Å². The zero-order valence-electron chi connectivity index (χ0n) is 39.7. The Morgan fingerprint density at radius 1 is 0.278 bits per heavy atom. The van der Waals surface area contributed by atoms with Gasteiger partial charge in [0, 0.05) is 67.0 Å². The summed E-state index contributed by atoms with van der Waals surface area (Å²) < 4.78 is 16.1. The first-order valence-electron chi connectivity index (χ1n) is 24.4. The number of methoxy groups -OCH3 is 2. The molecule has 0 aliphatic heterocycles. The average molecular weight is 927 g/mol. The minimum Gasteiger partial charge on any atom is -0.497 e. The lowest BCUT2D eigenvalue weighted by molar-refractivity contribution is 0.414. The van der Waals surface area contributed by atoms with Gasteiger partial charge in [-0.15, -0.1) is 0 Å². The van der Waals surface area contributed by atoms with Crippen LogP contribution in [0.3, 0.4) is 0 Å². The van der Waals surface area contributed by atoms with E-state index in [1.807, 2.05) is 24.3 Å². The number of anilines is 6. The molecule has 0 aliphatic carbocycles. The van der Waals surface area contributed by atoms with Crippen LogP contribution in [0.2, 0.25) is 0 Å². The van der Waals surface area contributed by atoms with Crippen LogP contribution in [0.25, 0.3) is 87.7 Å². The quantitative estimate of drug-likeness (QED) is 0.121. The van der Waals surface area contributed by atoms with Crippen LogP contribution in [0.15, 0.2) is 243 Å². The van der Waals surface area contributed by atoms with Gasteiger partial charge in [-0.2, -0.15) is 0 Å². The molecule has 0 fully saturated rings. The number of ether oxygens (including phenoxy) is 2. The molecule has 2 heterocycles. The van der Waals surface area contributed by atoms with Crippen LogP contribution < -0.4 is 19.3 Å². The normalized spacial score (nSPS) is 11.8. The molecule has 0 saturated carbocycles. The standard InChI is InChI=1S/C66H46N4O2/c1-71-57-35-31-53(32-36-57)67(55-39-47-21-19-45-11-9-17-59-63(45)65(47)61(41-55)69(59)49-13-5-3-6-14-49)51-27-23-43(24-28-51)44-25-29-52(30-26-44)68(54-33-37-58(72-2)38-34-54)56-40-48-22-20-46-12-10-18-60-64(46)66(48)62(42-56)70(60)50-15-7-4-8-16-50/h3-42H,1-2H3. The molecule has 342 valence electrons. The molecule has 2 aromatic heterocycles. The second kappa shape index (κ2) is 16.6. The van der Waals surface area contributed by atoms with Gasteiger partial charge < -0.3 is 28.4 Å². The van der Waals surface area contributed by atoms with Gasteiger partial charge in [-0.25, -0.2) is 0 Å². The maximum Gasteiger partial charge on any atom is 0.119 e. The molecule has 6 nitrogen and oxygen atoms in total. The topological polar surface area (TPSA) is 34.8 Å². The summed E-state index contributed by atoms with van der Waals surface area (Å²) in [5.74, 6) is 1.63. The molecular weight excluding hydrogens is 881 g/mol. The molecular formula is C66H46N4O2. The fraction of sp³-hybridized carbons (Fsp3) is 0.0303. The summed E-state index contributed by atoms with van der Waals surface area (Å²) in [7, 11) is 3.42. The predicted molar refractivity (Wildman–Crippen MR) is 300 cm³/mol. The molecule has 0 unspecified atom stereocenters. The monoisotopic (exact) mass is 926 g/mol. The molecule has 6 heteroatoms. The fourth-order valence-corrected chi connectivity index (χ4v) is 11.3. The van der Waals surface area contributed by atoms with E-state index in [2.05, 4.69) is 237 Å². The summed E-state index contributed by atoms with van der Waals surface area (Å²) in [6.07, 6.45) is 0. The Morgan fingerprint density at radius 2 is 0.625 bits per heavy atom. The molecule has 0 saturated heterocycles.